The summed E-state index contributed by atoms with van der Waals surface area (Å²) in [5.74, 6) is 0. The van der Waals surface area contributed by atoms with Crippen LogP contribution in [0.15, 0.2) is 48.0 Å². The number of aliphatic hydroxyl groups is 1. The van der Waals surface area contributed by atoms with Crippen molar-refractivity contribution in [3.05, 3.63) is 64.3 Å². The molecule has 1 N–H and O–H groups in total. The average molecular weight is 344 g/mol. The molecular formula is C19H18ClNOS. The van der Waals surface area contributed by atoms with Gasteiger partial charge >= 0.3 is 0 Å². The van der Waals surface area contributed by atoms with E-state index in [9.17, 15) is 5.11 Å². The summed E-state index contributed by atoms with van der Waals surface area (Å²) in [5, 5.41) is 13.0. The van der Waals surface area contributed by atoms with Crippen molar-refractivity contribution in [2.75, 3.05) is 0 Å². The van der Waals surface area contributed by atoms with Gasteiger partial charge in [-0.2, -0.15) is 0 Å². The third-order valence-electron chi connectivity index (χ3n) is 3.71. The lowest BCUT2D eigenvalue weighted by molar-refractivity contribution is 0.0739. The van der Waals surface area contributed by atoms with Crippen LogP contribution in [0.3, 0.4) is 0 Å². The van der Waals surface area contributed by atoms with Crippen LogP contribution in [0.2, 0.25) is 5.02 Å². The molecule has 4 heteroatoms. The number of thiophene rings is 1. The zero-order chi connectivity index (χ0) is 16.6. The molecule has 3 aromatic rings. The van der Waals surface area contributed by atoms with Crippen LogP contribution < -0.4 is 0 Å². The minimum atomic E-state index is -0.949. The minimum absolute atomic E-state index is 0.663. The van der Waals surface area contributed by atoms with Gasteiger partial charge in [-0.1, -0.05) is 23.7 Å². The molecule has 3 rings (SSSR count). The summed E-state index contributed by atoms with van der Waals surface area (Å²) < 4.78 is 0. The van der Waals surface area contributed by atoms with Crippen LogP contribution in [0.5, 0.6) is 0 Å². The van der Waals surface area contributed by atoms with Crippen molar-refractivity contribution in [2.45, 2.75) is 26.4 Å². The quantitative estimate of drug-likeness (QED) is 0.665. The molecule has 0 atom stereocenters. The smallest absolute Gasteiger partial charge is 0.101 e. The van der Waals surface area contributed by atoms with Crippen molar-refractivity contribution in [1.29, 1.82) is 0 Å². The molecule has 2 heterocycles. The predicted octanol–water partition coefficient (Wildman–Crippen LogP) is 5.67. The van der Waals surface area contributed by atoms with Crippen molar-refractivity contribution in [3.8, 4) is 21.6 Å². The second-order valence-electron chi connectivity index (χ2n) is 6.17. The third kappa shape index (κ3) is 3.47. The molecule has 1 aromatic carbocycles. The van der Waals surface area contributed by atoms with Gasteiger partial charge in [0, 0.05) is 21.7 Å². The zero-order valence-electron chi connectivity index (χ0n) is 13.3. The first-order chi connectivity index (χ1) is 10.8. The maximum Gasteiger partial charge on any atom is 0.101 e. The van der Waals surface area contributed by atoms with Crippen LogP contribution in [0.4, 0.5) is 0 Å². The molecule has 0 aliphatic rings. The monoisotopic (exact) mass is 343 g/mol. The number of pyridine rings is 1. The van der Waals surface area contributed by atoms with E-state index in [0.29, 0.717) is 5.69 Å². The van der Waals surface area contributed by atoms with Gasteiger partial charge in [0.05, 0.1) is 5.69 Å². The van der Waals surface area contributed by atoms with Crippen molar-refractivity contribution in [3.63, 3.8) is 0 Å². The van der Waals surface area contributed by atoms with Crippen LogP contribution in [0.25, 0.3) is 21.6 Å². The first-order valence-corrected chi connectivity index (χ1v) is 8.65. The summed E-state index contributed by atoms with van der Waals surface area (Å²) in [4.78, 5) is 5.39. The molecule has 0 radical (unpaired) electrons. The number of hydrogen-bond donors (Lipinski definition) is 1. The van der Waals surface area contributed by atoms with Gasteiger partial charge in [0.25, 0.3) is 0 Å². The number of benzene rings is 1. The summed E-state index contributed by atoms with van der Waals surface area (Å²) in [7, 11) is 0. The summed E-state index contributed by atoms with van der Waals surface area (Å²) in [5.41, 5.74) is 4.06. The van der Waals surface area contributed by atoms with E-state index < -0.39 is 5.60 Å². The average Bonchev–Trinajstić information content (AvgIpc) is 2.96. The number of hydrogen-bond acceptors (Lipinski definition) is 3. The number of nitrogens with zero attached hydrogens (tertiary/aromatic N) is 1. The van der Waals surface area contributed by atoms with Gasteiger partial charge in [0.2, 0.25) is 0 Å². The highest BCUT2D eigenvalue weighted by atomic mass is 35.5. The normalized spacial score (nSPS) is 11.7. The maximum atomic E-state index is 10.1. The van der Waals surface area contributed by atoms with Crippen LogP contribution in [0, 0.1) is 6.92 Å². The van der Waals surface area contributed by atoms with E-state index in [1.54, 1.807) is 31.4 Å². The van der Waals surface area contributed by atoms with Crippen LogP contribution in [-0.2, 0) is 5.60 Å². The lowest BCUT2D eigenvalue weighted by Gasteiger charge is -2.16. The second kappa shape index (κ2) is 6.08. The Morgan fingerprint density at radius 3 is 2.57 bits per heavy atom. The van der Waals surface area contributed by atoms with Crippen molar-refractivity contribution in [2.24, 2.45) is 0 Å². The van der Waals surface area contributed by atoms with Gasteiger partial charge in [-0.3, -0.25) is 4.98 Å². The van der Waals surface area contributed by atoms with Crippen LogP contribution in [0.1, 0.15) is 25.1 Å². The summed E-state index contributed by atoms with van der Waals surface area (Å²) >= 11 is 8.03. The summed E-state index contributed by atoms with van der Waals surface area (Å²) in [6.45, 7) is 5.51. The Labute approximate surface area is 145 Å². The first kappa shape index (κ1) is 16.2. The molecule has 0 aliphatic heterocycles. The Kier molecular flexibility index (Phi) is 4.28. The van der Waals surface area contributed by atoms with E-state index in [4.69, 9.17) is 11.6 Å². The highest BCUT2D eigenvalue weighted by Crippen LogP contribution is 2.37. The first-order valence-electron chi connectivity index (χ1n) is 7.39. The highest BCUT2D eigenvalue weighted by Gasteiger charge is 2.18. The number of halogens is 1. The van der Waals surface area contributed by atoms with Gasteiger partial charge in [-0.15, -0.1) is 11.3 Å². The number of aromatic nitrogens is 1. The molecule has 118 valence electrons. The Morgan fingerprint density at radius 1 is 1.09 bits per heavy atom. The SMILES string of the molecule is Cc1ccc(-c2cc(-c3ccnc(C(C)(C)O)c3)cs2)c(Cl)c1. The topological polar surface area (TPSA) is 33.1 Å². The second-order valence-corrected chi connectivity index (χ2v) is 7.49. The molecule has 23 heavy (non-hydrogen) atoms. The summed E-state index contributed by atoms with van der Waals surface area (Å²) in [6, 6.07) is 12.1. The Balaban J connectivity index is 1.99. The standard InChI is InChI=1S/C19H18ClNOS/c1-12-4-5-15(16(20)8-12)17-9-14(11-23-17)13-6-7-21-18(10-13)19(2,3)22/h4-11,22H,1-3H3. The maximum absolute atomic E-state index is 10.1. The van der Waals surface area contributed by atoms with E-state index in [0.717, 1.165) is 32.2 Å². The molecule has 0 unspecified atom stereocenters. The van der Waals surface area contributed by atoms with Gasteiger partial charge in [-0.25, -0.2) is 0 Å². The summed E-state index contributed by atoms with van der Waals surface area (Å²) in [6.07, 6.45) is 1.73. The molecule has 2 nitrogen and oxygen atoms in total. The van der Waals surface area contributed by atoms with E-state index in [1.165, 1.54) is 0 Å². The molecule has 0 spiro atoms. The van der Waals surface area contributed by atoms with Crippen LogP contribution >= 0.6 is 22.9 Å². The predicted molar refractivity (Wildman–Crippen MR) is 98.0 cm³/mol. The molecular weight excluding hydrogens is 326 g/mol. The third-order valence-corrected chi connectivity index (χ3v) is 4.99. The highest BCUT2D eigenvalue weighted by molar-refractivity contribution is 7.14. The van der Waals surface area contributed by atoms with E-state index in [-0.39, 0.29) is 0 Å². The molecule has 0 saturated carbocycles. The fourth-order valence-corrected chi connectivity index (χ4v) is 3.74. The molecule has 0 saturated heterocycles. The van der Waals surface area contributed by atoms with E-state index in [1.807, 2.05) is 25.1 Å². The van der Waals surface area contributed by atoms with E-state index in [2.05, 4.69) is 28.6 Å². The van der Waals surface area contributed by atoms with Crippen LogP contribution in [-0.4, -0.2) is 10.1 Å². The lowest BCUT2D eigenvalue weighted by Crippen LogP contribution is -2.17. The number of aryl methyl sites for hydroxylation is 1. The Morgan fingerprint density at radius 2 is 1.87 bits per heavy atom. The van der Waals surface area contributed by atoms with Gasteiger partial charge < -0.3 is 5.11 Å². The van der Waals surface area contributed by atoms with Gasteiger partial charge in [0.15, 0.2) is 0 Å². The fourth-order valence-electron chi connectivity index (χ4n) is 2.39. The van der Waals surface area contributed by atoms with Crippen molar-refractivity contribution in [1.82, 2.24) is 4.98 Å². The molecule has 0 aliphatic carbocycles. The molecule has 0 amide bonds. The van der Waals surface area contributed by atoms with E-state index >= 15 is 0 Å². The van der Waals surface area contributed by atoms with Crippen molar-refractivity contribution < 1.29 is 5.11 Å². The van der Waals surface area contributed by atoms with Gasteiger partial charge in [-0.05, 0) is 67.1 Å². The Bertz CT molecular complexity index is 849. The fraction of sp³-hybridized carbons (Fsp3) is 0.211. The van der Waals surface area contributed by atoms with Gasteiger partial charge in [0.1, 0.15) is 5.60 Å². The lowest BCUT2D eigenvalue weighted by atomic mass is 10.0. The minimum Gasteiger partial charge on any atom is -0.384 e. The number of rotatable bonds is 3. The van der Waals surface area contributed by atoms with Crippen molar-refractivity contribution >= 4 is 22.9 Å². The Hall–Kier alpha value is -1.68. The largest absolute Gasteiger partial charge is 0.384 e. The molecule has 2 aromatic heterocycles. The molecule has 0 bridgehead atoms. The zero-order valence-corrected chi connectivity index (χ0v) is 14.9. The molecule has 0 fully saturated rings.